The fourth-order valence-corrected chi connectivity index (χ4v) is 4.02. The SMILES string of the molecule is CC(NC(=O)C(Cc1c[nH]c2ccccc12)NC(=O)C(N)Cc1ccccc1)C(=O)NC(C(=O)O)C(C)O. The van der Waals surface area contributed by atoms with Gasteiger partial charge in [0.15, 0.2) is 6.04 Å². The number of aliphatic carboxylic acids is 1. The van der Waals surface area contributed by atoms with Crippen LogP contribution in [0.4, 0.5) is 0 Å². The summed E-state index contributed by atoms with van der Waals surface area (Å²) in [6.07, 6.45) is 0.777. The number of aliphatic hydroxyl groups excluding tert-OH is 1. The number of aromatic nitrogens is 1. The lowest BCUT2D eigenvalue weighted by Crippen LogP contribution is -2.58. The van der Waals surface area contributed by atoms with Crippen LogP contribution in [0.15, 0.2) is 60.8 Å². The monoisotopic (exact) mass is 523 g/mol. The van der Waals surface area contributed by atoms with E-state index in [0.29, 0.717) is 0 Å². The molecule has 0 fully saturated rings. The molecule has 0 radical (unpaired) electrons. The first kappa shape index (κ1) is 28.4. The summed E-state index contributed by atoms with van der Waals surface area (Å²) in [5.74, 6) is -3.40. The van der Waals surface area contributed by atoms with Crippen LogP contribution in [0.2, 0.25) is 0 Å². The molecule has 202 valence electrons. The van der Waals surface area contributed by atoms with Gasteiger partial charge in [-0.15, -0.1) is 0 Å². The van der Waals surface area contributed by atoms with E-state index in [1.54, 1.807) is 6.20 Å². The van der Waals surface area contributed by atoms with E-state index in [4.69, 9.17) is 5.73 Å². The van der Waals surface area contributed by atoms with Gasteiger partial charge >= 0.3 is 5.97 Å². The van der Waals surface area contributed by atoms with Crippen LogP contribution in [0.1, 0.15) is 25.0 Å². The van der Waals surface area contributed by atoms with Crippen LogP contribution < -0.4 is 21.7 Å². The van der Waals surface area contributed by atoms with E-state index in [1.807, 2.05) is 54.6 Å². The van der Waals surface area contributed by atoms with E-state index in [2.05, 4.69) is 20.9 Å². The lowest BCUT2D eigenvalue weighted by Gasteiger charge is -2.24. The second-order valence-corrected chi connectivity index (χ2v) is 9.22. The first-order valence-electron chi connectivity index (χ1n) is 12.2. The first-order chi connectivity index (χ1) is 18.1. The van der Waals surface area contributed by atoms with Gasteiger partial charge in [-0.05, 0) is 37.5 Å². The number of carboxylic acids is 1. The molecule has 0 bridgehead atoms. The predicted molar refractivity (Wildman–Crippen MR) is 141 cm³/mol. The summed E-state index contributed by atoms with van der Waals surface area (Å²) in [5, 5.41) is 27.1. The van der Waals surface area contributed by atoms with Crippen molar-refractivity contribution < 1.29 is 29.4 Å². The summed E-state index contributed by atoms with van der Waals surface area (Å²) in [4.78, 5) is 53.2. The number of benzene rings is 2. The van der Waals surface area contributed by atoms with Gasteiger partial charge in [0.1, 0.15) is 12.1 Å². The topological polar surface area (TPSA) is 187 Å². The normalized spacial score (nSPS) is 15.1. The van der Waals surface area contributed by atoms with Crippen molar-refractivity contribution >= 4 is 34.6 Å². The first-order valence-corrected chi connectivity index (χ1v) is 12.2. The fraction of sp³-hybridized carbons (Fsp3) is 0.333. The summed E-state index contributed by atoms with van der Waals surface area (Å²) in [5.41, 5.74) is 8.63. The number of aromatic amines is 1. The molecule has 38 heavy (non-hydrogen) atoms. The van der Waals surface area contributed by atoms with Crippen molar-refractivity contribution in [2.24, 2.45) is 5.73 Å². The number of para-hydroxylation sites is 1. The molecule has 5 atom stereocenters. The summed E-state index contributed by atoms with van der Waals surface area (Å²) in [7, 11) is 0. The van der Waals surface area contributed by atoms with Crippen molar-refractivity contribution in [3.63, 3.8) is 0 Å². The second-order valence-electron chi connectivity index (χ2n) is 9.22. The molecule has 3 aromatic rings. The number of rotatable bonds is 12. The van der Waals surface area contributed by atoms with Crippen molar-refractivity contribution in [3.8, 4) is 0 Å². The highest BCUT2D eigenvalue weighted by Gasteiger charge is 2.30. The highest BCUT2D eigenvalue weighted by Crippen LogP contribution is 2.19. The van der Waals surface area contributed by atoms with Gasteiger partial charge in [0.05, 0.1) is 12.1 Å². The average Bonchev–Trinajstić information content (AvgIpc) is 3.29. The van der Waals surface area contributed by atoms with E-state index in [9.17, 15) is 29.4 Å². The van der Waals surface area contributed by atoms with Crippen molar-refractivity contribution in [2.45, 2.75) is 57.0 Å². The number of nitrogens with one attached hydrogen (secondary N) is 4. The third-order valence-electron chi connectivity index (χ3n) is 6.17. The zero-order chi connectivity index (χ0) is 27.8. The quantitative estimate of drug-likeness (QED) is 0.177. The van der Waals surface area contributed by atoms with Crippen LogP contribution >= 0.6 is 0 Å². The van der Waals surface area contributed by atoms with Crippen LogP contribution in [-0.2, 0) is 32.0 Å². The Morgan fingerprint density at radius 1 is 0.868 bits per heavy atom. The maximum atomic E-state index is 13.3. The molecular formula is C27H33N5O6. The highest BCUT2D eigenvalue weighted by atomic mass is 16.4. The molecule has 1 heterocycles. The van der Waals surface area contributed by atoms with Crippen LogP contribution in [0.25, 0.3) is 10.9 Å². The third-order valence-corrected chi connectivity index (χ3v) is 6.17. The number of hydrogen-bond acceptors (Lipinski definition) is 6. The van der Waals surface area contributed by atoms with Gasteiger partial charge in [-0.2, -0.15) is 0 Å². The molecule has 11 nitrogen and oxygen atoms in total. The molecule has 8 N–H and O–H groups in total. The van der Waals surface area contributed by atoms with E-state index in [1.165, 1.54) is 13.8 Å². The number of H-pyrrole nitrogens is 1. The molecule has 0 spiro atoms. The average molecular weight is 524 g/mol. The van der Waals surface area contributed by atoms with Crippen LogP contribution in [0.3, 0.4) is 0 Å². The van der Waals surface area contributed by atoms with Crippen molar-refractivity contribution in [1.82, 2.24) is 20.9 Å². The van der Waals surface area contributed by atoms with E-state index < -0.39 is 54.0 Å². The molecule has 0 aliphatic heterocycles. The van der Waals surface area contributed by atoms with Crippen LogP contribution in [-0.4, -0.2) is 69.2 Å². The number of nitrogens with two attached hydrogens (primary N) is 1. The summed E-state index contributed by atoms with van der Waals surface area (Å²) in [6.45, 7) is 2.60. The molecule has 1 aromatic heterocycles. The van der Waals surface area contributed by atoms with Gasteiger partial charge < -0.3 is 36.9 Å². The van der Waals surface area contributed by atoms with Gasteiger partial charge in [-0.3, -0.25) is 14.4 Å². The van der Waals surface area contributed by atoms with E-state index in [0.717, 1.165) is 22.0 Å². The van der Waals surface area contributed by atoms with Gasteiger partial charge in [0, 0.05) is 23.5 Å². The number of carbonyl (C=O) groups is 4. The van der Waals surface area contributed by atoms with Crippen molar-refractivity contribution in [3.05, 3.63) is 71.9 Å². The minimum absolute atomic E-state index is 0.111. The summed E-state index contributed by atoms with van der Waals surface area (Å²) < 4.78 is 0. The maximum Gasteiger partial charge on any atom is 0.328 e. The smallest absolute Gasteiger partial charge is 0.328 e. The Balaban J connectivity index is 1.75. The number of fused-ring (bicyclic) bond motifs is 1. The molecule has 0 saturated heterocycles. The molecule has 0 aliphatic rings. The molecule has 0 saturated carbocycles. The fourth-order valence-electron chi connectivity index (χ4n) is 4.02. The Bertz CT molecular complexity index is 1280. The van der Waals surface area contributed by atoms with Gasteiger partial charge in [-0.1, -0.05) is 48.5 Å². The summed E-state index contributed by atoms with van der Waals surface area (Å²) in [6, 6.07) is 12.0. The van der Waals surface area contributed by atoms with E-state index >= 15 is 0 Å². The van der Waals surface area contributed by atoms with Crippen molar-refractivity contribution in [1.29, 1.82) is 0 Å². The largest absolute Gasteiger partial charge is 0.480 e. The molecule has 2 aromatic carbocycles. The number of carbonyl (C=O) groups excluding carboxylic acids is 3. The zero-order valence-electron chi connectivity index (χ0n) is 21.2. The standard InChI is InChI=1S/C27H33N5O6/c1-15(24(34)32-23(16(2)33)27(37)38)30-26(36)22(13-18-14-29-21-11-7-6-10-19(18)21)31-25(35)20(28)12-17-8-4-3-5-9-17/h3-11,14-16,20,22-23,29,33H,12-13,28H2,1-2H3,(H,30,36)(H,31,35)(H,32,34)(H,37,38). The number of carboxylic acid groups (broad SMARTS) is 1. The Hall–Kier alpha value is -4.22. The lowest BCUT2D eigenvalue weighted by atomic mass is 10.0. The Kier molecular flexibility index (Phi) is 9.58. The van der Waals surface area contributed by atoms with Gasteiger partial charge in [-0.25, -0.2) is 4.79 Å². The molecule has 3 amide bonds. The zero-order valence-corrected chi connectivity index (χ0v) is 21.2. The number of amides is 3. The highest BCUT2D eigenvalue weighted by molar-refractivity contribution is 5.94. The molecule has 0 aliphatic carbocycles. The van der Waals surface area contributed by atoms with E-state index in [-0.39, 0.29) is 12.8 Å². The van der Waals surface area contributed by atoms with Gasteiger partial charge in [0.2, 0.25) is 17.7 Å². The molecular weight excluding hydrogens is 490 g/mol. The minimum Gasteiger partial charge on any atom is -0.480 e. The summed E-state index contributed by atoms with van der Waals surface area (Å²) >= 11 is 0. The molecule has 11 heteroatoms. The van der Waals surface area contributed by atoms with Crippen LogP contribution in [0.5, 0.6) is 0 Å². The Morgan fingerprint density at radius 2 is 1.53 bits per heavy atom. The molecule has 3 rings (SSSR count). The lowest BCUT2D eigenvalue weighted by molar-refractivity contribution is -0.145. The predicted octanol–water partition coefficient (Wildman–Crippen LogP) is 0.220. The maximum absolute atomic E-state index is 13.3. The van der Waals surface area contributed by atoms with Crippen molar-refractivity contribution in [2.75, 3.05) is 0 Å². The van der Waals surface area contributed by atoms with Crippen LogP contribution in [0, 0.1) is 0 Å². The second kappa shape index (κ2) is 12.8. The minimum atomic E-state index is -1.54. The van der Waals surface area contributed by atoms with Gasteiger partial charge in [0.25, 0.3) is 0 Å². The number of hydrogen-bond donors (Lipinski definition) is 7. The number of aliphatic hydroxyl groups is 1. The Labute approximate surface area is 219 Å². The molecule has 5 unspecified atom stereocenters. The third kappa shape index (κ3) is 7.40. The Morgan fingerprint density at radius 3 is 2.18 bits per heavy atom.